The van der Waals surface area contributed by atoms with Crippen LogP contribution in [0.1, 0.15) is 17.0 Å². The molecule has 1 heterocycles. The Kier molecular flexibility index (Phi) is 3.54. The Balaban J connectivity index is 2.04. The first-order valence-corrected chi connectivity index (χ1v) is 5.73. The molecule has 0 radical (unpaired) electrons. The molecule has 0 aliphatic carbocycles. The predicted molar refractivity (Wildman–Crippen MR) is 67.8 cm³/mol. The number of benzene rings is 1. The molecule has 2 rings (SSSR count). The van der Waals surface area contributed by atoms with Gasteiger partial charge in [0.05, 0.1) is 0 Å². The van der Waals surface area contributed by atoms with Crippen LogP contribution >= 0.6 is 11.6 Å². The summed E-state index contributed by atoms with van der Waals surface area (Å²) in [7, 11) is 0. The van der Waals surface area contributed by atoms with Gasteiger partial charge in [-0.05, 0) is 30.5 Å². The highest BCUT2D eigenvalue weighted by Crippen LogP contribution is 2.08. The van der Waals surface area contributed by atoms with E-state index in [9.17, 15) is 0 Å². The molecule has 0 bridgehead atoms. The molecule has 88 valence electrons. The minimum atomic E-state index is 0.149. The number of hydrogen-bond donors (Lipinski definition) is 1. The van der Waals surface area contributed by atoms with Crippen molar-refractivity contribution in [1.82, 2.24) is 15.0 Å². The first-order valence-electron chi connectivity index (χ1n) is 5.35. The highest BCUT2D eigenvalue weighted by atomic mass is 35.5. The van der Waals surface area contributed by atoms with Crippen molar-refractivity contribution in [1.29, 1.82) is 0 Å². The summed E-state index contributed by atoms with van der Waals surface area (Å²) in [6.07, 6.45) is 1.57. The SMILES string of the molecule is Cc1ccc(CCc2nc(N)nc(Cl)n2)cc1. The lowest BCUT2D eigenvalue weighted by Gasteiger charge is -2.02. The summed E-state index contributed by atoms with van der Waals surface area (Å²) in [6, 6.07) is 8.37. The topological polar surface area (TPSA) is 64.7 Å². The number of rotatable bonds is 3. The van der Waals surface area contributed by atoms with E-state index >= 15 is 0 Å². The molecule has 0 aliphatic rings. The third-order valence-corrected chi connectivity index (χ3v) is 2.60. The van der Waals surface area contributed by atoms with Gasteiger partial charge in [0.25, 0.3) is 0 Å². The molecule has 0 aliphatic heterocycles. The van der Waals surface area contributed by atoms with E-state index in [2.05, 4.69) is 46.1 Å². The summed E-state index contributed by atoms with van der Waals surface area (Å²) in [6.45, 7) is 2.07. The minimum absolute atomic E-state index is 0.149. The van der Waals surface area contributed by atoms with E-state index in [0.717, 1.165) is 6.42 Å². The van der Waals surface area contributed by atoms with Gasteiger partial charge in [-0.1, -0.05) is 29.8 Å². The number of aromatic nitrogens is 3. The normalized spacial score (nSPS) is 10.5. The van der Waals surface area contributed by atoms with E-state index in [0.29, 0.717) is 12.2 Å². The zero-order valence-corrected chi connectivity index (χ0v) is 10.3. The number of nitrogens with zero attached hydrogens (tertiary/aromatic N) is 3. The van der Waals surface area contributed by atoms with Crippen LogP contribution < -0.4 is 5.73 Å². The molecular weight excluding hydrogens is 236 g/mol. The van der Waals surface area contributed by atoms with Gasteiger partial charge in [0.15, 0.2) is 0 Å². The van der Waals surface area contributed by atoms with Crippen molar-refractivity contribution in [3.63, 3.8) is 0 Å². The van der Waals surface area contributed by atoms with E-state index in [1.54, 1.807) is 0 Å². The molecule has 0 saturated heterocycles. The molecule has 5 heteroatoms. The summed E-state index contributed by atoms with van der Waals surface area (Å²) < 4.78 is 0. The smallest absolute Gasteiger partial charge is 0.227 e. The lowest BCUT2D eigenvalue weighted by atomic mass is 10.1. The summed E-state index contributed by atoms with van der Waals surface area (Å²) in [5, 5.41) is 0.149. The number of nitrogen functional groups attached to an aromatic ring is 1. The largest absolute Gasteiger partial charge is 0.368 e. The third-order valence-electron chi connectivity index (χ3n) is 2.43. The average molecular weight is 249 g/mol. The molecule has 2 N–H and O–H groups in total. The van der Waals surface area contributed by atoms with Crippen LogP contribution in [-0.4, -0.2) is 15.0 Å². The van der Waals surface area contributed by atoms with Crippen LogP contribution in [0, 0.1) is 6.92 Å². The molecule has 0 saturated carbocycles. The Morgan fingerprint density at radius 2 is 1.76 bits per heavy atom. The molecular formula is C12H13ClN4. The molecule has 17 heavy (non-hydrogen) atoms. The van der Waals surface area contributed by atoms with E-state index < -0.39 is 0 Å². The second kappa shape index (κ2) is 5.10. The molecule has 0 spiro atoms. The van der Waals surface area contributed by atoms with Gasteiger partial charge in [0.1, 0.15) is 5.82 Å². The van der Waals surface area contributed by atoms with Crippen molar-refractivity contribution in [2.24, 2.45) is 0 Å². The Hall–Kier alpha value is -1.68. The van der Waals surface area contributed by atoms with E-state index in [4.69, 9.17) is 17.3 Å². The van der Waals surface area contributed by atoms with E-state index in [-0.39, 0.29) is 11.2 Å². The van der Waals surface area contributed by atoms with Gasteiger partial charge in [-0.25, -0.2) is 4.98 Å². The average Bonchev–Trinajstić information content (AvgIpc) is 2.27. The maximum absolute atomic E-state index is 5.71. The van der Waals surface area contributed by atoms with Crippen molar-refractivity contribution in [3.05, 3.63) is 46.5 Å². The van der Waals surface area contributed by atoms with Crippen molar-refractivity contribution in [2.75, 3.05) is 5.73 Å². The minimum Gasteiger partial charge on any atom is -0.368 e. The molecule has 1 aromatic carbocycles. The van der Waals surface area contributed by atoms with E-state index in [1.807, 2.05) is 0 Å². The fourth-order valence-electron chi connectivity index (χ4n) is 1.53. The molecule has 0 amide bonds. The second-order valence-electron chi connectivity index (χ2n) is 3.86. The summed E-state index contributed by atoms with van der Waals surface area (Å²) >= 11 is 5.71. The van der Waals surface area contributed by atoms with Crippen LogP contribution in [0.3, 0.4) is 0 Å². The van der Waals surface area contributed by atoms with Gasteiger partial charge >= 0.3 is 0 Å². The second-order valence-corrected chi connectivity index (χ2v) is 4.20. The molecule has 0 atom stereocenters. The van der Waals surface area contributed by atoms with Crippen LogP contribution in [0.5, 0.6) is 0 Å². The number of halogens is 1. The molecule has 0 unspecified atom stereocenters. The standard InChI is InChI=1S/C12H13ClN4/c1-8-2-4-9(5-3-8)6-7-10-15-11(13)17-12(14)16-10/h2-5H,6-7H2,1H3,(H2,14,15,16,17). The number of hydrogen-bond acceptors (Lipinski definition) is 4. The van der Waals surface area contributed by atoms with Crippen LogP contribution in [0.2, 0.25) is 5.28 Å². The highest BCUT2D eigenvalue weighted by Gasteiger charge is 2.03. The fraction of sp³-hybridized carbons (Fsp3) is 0.250. The molecule has 2 aromatic rings. The highest BCUT2D eigenvalue weighted by molar-refractivity contribution is 6.28. The van der Waals surface area contributed by atoms with E-state index in [1.165, 1.54) is 11.1 Å². The van der Waals surface area contributed by atoms with Gasteiger partial charge in [0, 0.05) is 6.42 Å². The van der Waals surface area contributed by atoms with Crippen molar-refractivity contribution < 1.29 is 0 Å². The van der Waals surface area contributed by atoms with Gasteiger partial charge in [-0.3, -0.25) is 0 Å². The Morgan fingerprint density at radius 3 is 2.41 bits per heavy atom. The van der Waals surface area contributed by atoms with Crippen molar-refractivity contribution >= 4 is 17.5 Å². The lowest BCUT2D eigenvalue weighted by molar-refractivity contribution is 0.841. The van der Waals surface area contributed by atoms with Crippen LogP contribution in [-0.2, 0) is 12.8 Å². The zero-order valence-electron chi connectivity index (χ0n) is 9.52. The third kappa shape index (κ3) is 3.39. The van der Waals surface area contributed by atoms with Gasteiger partial charge in [0.2, 0.25) is 11.2 Å². The first kappa shape index (κ1) is 11.8. The number of nitrogens with two attached hydrogens (primary N) is 1. The van der Waals surface area contributed by atoms with Crippen molar-refractivity contribution in [3.8, 4) is 0 Å². The summed E-state index contributed by atoms with van der Waals surface area (Å²) in [5.74, 6) is 0.798. The van der Waals surface area contributed by atoms with Gasteiger partial charge in [-0.15, -0.1) is 0 Å². The monoisotopic (exact) mass is 248 g/mol. The number of anilines is 1. The lowest BCUT2D eigenvalue weighted by Crippen LogP contribution is -2.04. The van der Waals surface area contributed by atoms with Crippen LogP contribution in [0.15, 0.2) is 24.3 Å². The predicted octanol–water partition coefficient (Wildman–Crippen LogP) is 2.20. The zero-order chi connectivity index (χ0) is 12.3. The Morgan fingerprint density at radius 1 is 1.06 bits per heavy atom. The summed E-state index contributed by atoms with van der Waals surface area (Å²) in [4.78, 5) is 11.8. The fourth-order valence-corrected chi connectivity index (χ4v) is 1.72. The Labute approximate surface area is 105 Å². The van der Waals surface area contributed by atoms with Gasteiger partial charge in [-0.2, -0.15) is 9.97 Å². The van der Waals surface area contributed by atoms with Crippen LogP contribution in [0.25, 0.3) is 0 Å². The maximum atomic E-state index is 5.71. The Bertz CT molecular complexity index is 490. The first-order chi connectivity index (χ1) is 8.13. The maximum Gasteiger partial charge on any atom is 0.227 e. The number of aryl methyl sites for hydroxylation is 3. The molecule has 1 aromatic heterocycles. The molecule has 0 fully saturated rings. The van der Waals surface area contributed by atoms with Crippen LogP contribution in [0.4, 0.5) is 5.95 Å². The molecule has 4 nitrogen and oxygen atoms in total. The van der Waals surface area contributed by atoms with Crippen molar-refractivity contribution in [2.45, 2.75) is 19.8 Å². The quantitative estimate of drug-likeness (QED) is 0.905. The summed E-state index contributed by atoms with van der Waals surface area (Å²) in [5.41, 5.74) is 7.99. The van der Waals surface area contributed by atoms with Gasteiger partial charge < -0.3 is 5.73 Å².